The van der Waals surface area contributed by atoms with Crippen molar-refractivity contribution in [3.8, 4) is 0 Å². The topological polar surface area (TPSA) is 118 Å². The van der Waals surface area contributed by atoms with Crippen LogP contribution in [-0.2, 0) is 37.8 Å². The molecule has 1 rings (SSSR count). The SMILES string of the molecule is CC(=O)O[C@H]1[C@H](OC(C)=O)[C@@H](OC(C)=O)C(O)O[C@@H]1CO[Si](C)(C)C. The summed E-state index contributed by atoms with van der Waals surface area (Å²) in [7, 11) is -1.93. The average molecular weight is 378 g/mol. The van der Waals surface area contributed by atoms with Gasteiger partial charge in [0.15, 0.2) is 32.9 Å². The van der Waals surface area contributed by atoms with Gasteiger partial charge in [0.2, 0.25) is 0 Å². The number of hydrogen-bond acceptors (Lipinski definition) is 9. The molecule has 1 unspecified atom stereocenters. The van der Waals surface area contributed by atoms with E-state index in [1.54, 1.807) is 0 Å². The zero-order valence-electron chi connectivity index (χ0n) is 15.3. The fourth-order valence-corrected chi connectivity index (χ4v) is 3.00. The lowest BCUT2D eigenvalue weighted by molar-refractivity contribution is -0.294. The molecule has 1 aliphatic rings. The molecule has 0 amide bonds. The molecule has 1 fully saturated rings. The summed E-state index contributed by atoms with van der Waals surface area (Å²) in [5.74, 6) is -2.02. The number of carbonyl (C=O) groups is 3. The minimum Gasteiger partial charge on any atom is -0.456 e. The molecular weight excluding hydrogens is 352 g/mol. The van der Waals surface area contributed by atoms with Gasteiger partial charge < -0.3 is 28.5 Å². The largest absolute Gasteiger partial charge is 0.456 e. The van der Waals surface area contributed by atoms with Crippen LogP contribution < -0.4 is 0 Å². The Morgan fingerprint density at radius 1 is 0.880 bits per heavy atom. The summed E-state index contributed by atoms with van der Waals surface area (Å²) in [5, 5.41) is 10.2. The van der Waals surface area contributed by atoms with E-state index >= 15 is 0 Å². The molecule has 10 heteroatoms. The Morgan fingerprint density at radius 2 is 1.32 bits per heavy atom. The molecule has 1 aliphatic heterocycles. The van der Waals surface area contributed by atoms with E-state index in [0.717, 1.165) is 13.8 Å². The summed E-state index contributed by atoms with van der Waals surface area (Å²) in [5.41, 5.74) is 0. The number of hydrogen-bond donors (Lipinski definition) is 1. The number of aliphatic hydroxyl groups excluding tert-OH is 1. The van der Waals surface area contributed by atoms with E-state index in [2.05, 4.69) is 0 Å². The highest BCUT2D eigenvalue weighted by atomic mass is 28.4. The summed E-state index contributed by atoms with van der Waals surface area (Å²) in [6.45, 7) is 9.38. The highest BCUT2D eigenvalue weighted by Crippen LogP contribution is 2.28. The number of ether oxygens (including phenoxy) is 4. The second kappa shape index (κ2) is 8.74. The first-order valence-electron chi connectivity index (χ1n) is 7.90. The minimum atomic E-state index is -1.93. The predicted octanol–water partition coefficient (Wildman–Crippen LogP) is 0.350. The van der Waals surface area contributed by atoms with Crippen molar-refractivity contribution in [2.24, 2.45) is 0 Å². The van der Waals surface area contributed by atoms with Crippen molar-refractivity contribution in [2.45, 2.75) is 71.1 Å². The third kappa shape index (κ3) is 7.10. The first-order valence-corrected chi connectivity index (χ1v) is 11.3. The van der Waals surface area contributed by atoms with E-state index < -0.39 is 56.9 Å². The molecule has 0 saturated carbocycles. The Morgan fingerprint density at radius 3 is 1.76 bits per heavy atom. The molecule has 0 aromatic heterocycles. The standard InChI is InChI=1S/C15H26O9Si/c1-8(16)21-12-11(7-20-25(4,5)6)24-15(19)14(23-10(3)18)13(12)22-9(2)17/h11-15,19H,7H2,1-6H3/t11-,12-,13+,14-,15?/m1/s1. The average Bonchev–Trinajstić information content (AvgIpc) is 2.41. The van der Waals surface area contributed by atoms with Gasteiger partial charge in [0.05, 0.1) is 6.61 Å². The molecule has 0 spiro atoms. The van der Waals surface area contributed by atoms with Gasteiger partial charge in [0.25, 0.3) is 0 Å². The van der Waals surface area contributed by atoms with Crippen LogP contribution in [0.4, 0.5) is 0 Å². The molecule has 1 heterocycles. The number of carbonyl (C=O) groups excluding carboxylic acids is 3. The molecule has 9 nitrogen and oxygen atoms in total. The van der Waals surface area contributed by atoms with Crippen LogP contribution in [-0.4, -0.2) is 68.6 Å². The Balaban J connectivity index is 3.11. The maximum absolute atomic E-state index is 11.5. The van der Waals surface area contributed by atoms with Gasteiger partial charge in [-0.2, -0.15) is 0 Å². The normalized spacial score (nSPS) is 29.6. The third-order valence-electron chi connectivity index (χ3n) is 3.20. The third-order valence-corrected chi connectivity index (χ3v) is 4.23. The Kier molecular flexibility index (Phi) is 7.54. The summed E-state index contributed by atoms with van der Waals surface area (Å²) in [6.07, 6.45) is -6.08. The molecule has 1 saturated heterocycles. The quantitative estimate of drug-likeness (QED) is 0.397. The van der Waals surface area contributed by atoms with E-state index in [0.29, 0.717) is 0 Å². The van der Waals surface area contributed by atoms with Crippen molar-refractivity contribution in [2.75, 3.05) is 6.61 Å². The molecule has 0 bridgehead atoms. The molecule has 1 N–H and O–H groups in total. The van der Waals surface area contributed by atoms with Crippen LogP contribution in [0.25, 0.3) is 0 Å². The van der Waals surface area contributed by atoms with Gasteiger partial charge in [0, 0.05) is 20.8 Å². The van der Waals surface area contributed by atoms with Crippen molar-refractivity contribution >= 4 is 26.2 Å². The smallest absolute Gasteiger partial charge is 0.303 e. The van der Waals surface area contributed by atoms with E-state index in [4.69, 9.17) is 23.4 Å². The van der Waals surface area contributed by atoms with Gasteiger partial charge in [0.1, 0.15) is 6.10 Å². The second-order valence-corrected chi connectivity index (χ2v) is 11.2. The highest BCUT2D eigenvalue weighted by Gasteiger charge is 2.51. The first-order chi connectivity index (χ1) is 11.4. The zero-order chi connectivity index (χ0) is 19.4. The number of rotatable bonds is 6. The van der Waals surface area contributed by atoms with Crippen molar-refractivity contribution < 1.29 is 42.9 Å². The van der Waals surface area contributed by atoms with E-state index in [1.165, 1.54) is 6.92 Å². The summed E-state index contributed by atoms with van der Waals surface area (Å²) in [4.78, 5) is 34.2. The minimum absolute atomic E-state index is 0.0231. The van der Waals surface area contributed by atoms with Gasteiger partial charge in [-0.05, 0) is 19.6 Å². The van der Waals surface area contributed by atoms with E-state index in [9.17, 15) is 19.5 Å². The van der Waals surface area contributed by atoms with Crippen LogP contribution in [0.1, 0.15) is 20.8 Å². The van der Waals surface area contributed by atoms with Crippen molar-refractivity contribution in [1.29, 1.82) is 0 Å². The lowest BCUT2D eigenvalue weighted by atomic mass is 9.98. The lowest BCUT2D eigenvalue weighted by Gasteiger charge is -2.43. The maximum atomic E-state index is 11.5. The van der Waals surface area contributed by atoms with Gasteiger partial charge in [-0.1, -0.05) is 0 Å². The molecule has 144 valence electrons. The molecule has 0 radical (unpaired) electrons. The van der Waals surface area contributed by atoms with Gasteiger partial charge in [-0.25, -0.2) is 0 Å². The Bertz CT molecular complexity index is 502. The zero-order valence-corrected chi connectivity index (χ0v) is 16.3. The number of aliphatic hydroxyl groups is 1. The monoisotopic (exact) mass is 378 g/mol. The first kappa shape index (κ1) is 21.5. The Labute approximate surface area is 147 Å². The lowest BCUT2D eigenvalue weighted by Crippen LogP contribution is -2.62. The van der Waals surface area contributed by atoms with Crippen molar-refractivity contribution in [3.63, 3.8) is 0 Å². The van der Waals surface area contributed by atoms with E-state index in [-0.39, 0.29) is 6.61 Å². The molecular formula is C15H26O9Si. The van der Waals surface area contributed by atoms with Crippen LogP contribution in [0.3, 0.4) is 0 Å². The van der Waals surface area contributed by atoms with Gasteiger partial charge in [-0.15, -0.1) is 0 Å². The van der Waals surface area contributed by atoms with Crippen LogP contribution in [0.5, 0.6) is 0 Å². The predicted molar refractivity (Wildman–Crippen MR) is 86.8 cm³/mol. The molecule has 5 atom stereocenters. The van der Waals surface area contributed by atoms with Crippen molar-refractivity contribution in [1.82, 2.24) is 0 Å². The van der Waals surface area contributed by atoms with Crippen LogP contribution >= 0.6 is 0 Å². The summed E-state index contributed by atoms with van der Waals surface area (Å²) < 4.78 is 26.6. The van der Waals surface area contributed by atoms with Crippen LogP contribution in [0, 0.1) is 0 Å². The molecule has 0 aromatic carbocycles. The highest BCUT2D eigenvalue weighted by molar-refractivity contribution is 6.69. The molecule has 0 aromatic rings. The fourth-order valence-electron chi connectivity index (χ4n) is 2.34. The molecule has 25 heavy (non-hydrogen) atoms. The summed E-state index contributed by atoms with van der Waals surface area (Å²) >= 11 is 0. The second-order valence-electron chi connectivity index (χ2n) is 6.71. The van der Waals surface area contributed by atoms with E-state index in [1.807, 2.05) is 19.6 Å². The van der Waals surface area contributed by atoms with Crippen molar-refractivity contribution in [3.05, 3.63) is 0 Å². The molecule has 0 aliphatic carbocycles. The van der Waals surface area contributed by atoms with Crippen LogP contribution in [0.2, 0.25) is 19.6 Å². The number of esters is 3. The Hall–Kier alpha value is -1.49. The fraction of sp³-hybridized carbons (Fsp3) is 0.800. The summed E-state index contributed by atoms with van der Waals surface area (Å²) in [6, 6.07) is 0. The van der Waals surface area contributed by atoms with Gasteiger partial charge in [-0.3, -0.25) is 14.4 Å². The maximum Gasteiger partial charge on any atom is 0.303 e. The van der Waals surface area contributed by atoms with Gasteiger partial charge >= 0.3 is 17.9 Å². The van der Waals surface area contributed by atoms with Crippen LogP contribution in [0.15, 0.2) is 0 Å².